The molecule has 2 heterocycles. The van der Waals surface area contributed by atoms with Crippen LogP contribution in [0.15, 0.2) is 12.1 Å². The zero-order chi connectivity index (χ0) is 14.0. The van der Waals surface area contributed by atoms with Gasteiger partial charge in [0.1, 0.15) is 0 Å². The highest BCUT2D eigenvalue weighted by Crippen LogP contribution is 2.17. The van der Waals surface area contributed by atoms with Gasteiger partial charge in [0.25, 0.3) is 5.91 Å². The largest absolute Gasteiger partial charge is 0.396 e. The number of hydrogen-bond acceptors (Lipinski definition) is 5. The smallest absolute Gasteiger partial charge is 0.271 e. The maximum atomic E-state index is 11.6. The van der Waals surface area contributed by atoms with E-state index in [0.717, 1.165) is 11.4 Å². The van der Waals surface area contributed by atoms with Crippen LogP contribution >= 0.6 is 0 Å². The molecule has 0 atom stereocenters. The van der Waals surface area contributed by atoms with Gasteiger partial charge < -0.3 is 11.1 Å². The topological polar surface area (TPSA) is 98.7 Å². The van der Waals surface area contributed by atoms with Gasteiger partial charge in [0.2, 0.25) is 0 Å². The second-order valence-electron chi connectivity index (χ2n) is 4.13. The Morgan fingerprint density at radius 1 is 1.37 bits per heavy atom. The summed E-state index contributed by atoms with van der Waals surface area (Å²) in [4.78, 5) is 11.6. The Balaban J connectivity index is 2.32. The summed E-state index contributed by atoms with van der Waals surface area (Å²) in [5.41, 5.74) is 8.32. The molecule has 0 bridgehead atoms. The van der Waals surface area contributed by atoms with Crippen molar-refractivity contribution >= 4 is 11.6 Å². The van der Waals surface area contributed by atoms with Crippen LogP contribution < -0.4 is 11.1 Å². The lowest BCUT2D eigenvalue weighted by Crippen LogP contribution is -2.24. The van der Waals surface area contributed by atoms with Crippen molar-refractivity contribution in [1.82, 2.24) is 25.3 Å². The van der Waals surface area contributed by atoms with Crippen molar-refractivity contribution in [2.24, 2.45) is 0 Å². The first-order chi connectivity index (χ1) is 9.04. The highest BCUT2D eigenvalue weighted by Gasteiger charge is 2.12. The first-order valence-electron chi connectivity index (χ1n) is 5.98. The third-order valence-corrected chi connectivity index (χ3v) is 2.78. The van der Waals surface area contributed by atoms with E-state index in [1.165, 1.54) is 0 Å². The van der Waals surface area contributed by atoms with Crippen molar-refractivity contribution in [3.63, 3.8) is 0 Å². The van der Waals surface area contributed by atoms with Crippen molar-refractivity contribution in [2.45, 2.75) is 20.8 Å². The number of carbonyl (C=O) groups excluding carboxylic acids is 1. The molecular formula is C12H16N6O. The van der Waals surface area contributed by atoms with Crippen molar-refractivity contribution in [2.75, 3.05) is 12.3 Å². The fraction of sp³-hybridized carbons (Fsp3) is 0.333. The number of nitrogens with two attached hydrogens (primary N) is 1. The van der Waals surface area contributed by atoms with Gasteiger partial charge in [-0.15, -0.1) is 10.2 Å². The summed E-state index contributed by atoms with van der Waals surface area (Å²) in [6.07, 6.45) is 0. The molecule has 2 aromatic rings. The summed E-state index contributed by atoms with van der Waals surface area (Å²) in [6.45, 7) is 6.08. The third-order valence-electron chi connectivity index (χ3n) is 2.78. The minimum atomic E-state index is -0.241. The molecule has 3 N–H and O–H groups in total. The minimum absolute atomic E-state index is 0.241. The van der Waals surface area contributed by atoms with E-state index in [2.05, 4.69) is 20.6 Å². The van der Waals surface area contributed by atoms with Crippen molar-refractivity contribution in [3.8, 4) is 5.82 Å². The van der Waals surface area contributed by atoms with Gasteiger partial charge in [-0.25, -0.2) is 4.68 Å². The molecule has 0 aliphatic carbocycles. The van der Waals surface area contributed by atoms with Crippen LogP contribution in [0.5, 0.6) is 0 Å². The van der Waals surface area contributed by atoms with Gasteiger partial charge in [-0.3, -0.25) is 4.79 Å². The normalized spacial score (nSPS) is 10.5. The van der Waals surface area contributed by atoms with Gasteiger partial charge in [0.05, 0.1) is 17.1 Å². The molecule has 1 amide bonds. The van der Waals surface area contributed by atoms with Crippen molar-refractivity contribution < 1.29 is 4.79 Å². The van der Waals surface area contributed by atoms with E-state index in [9.17, 15) is 4.79 Å². The van der Waals surface area contributed by atoms with E-state index in [1.54, 1.807) is 16.8 Å². The number of nitrogens with zero attached hydrogens (tertiary/aromatic N) is 4. The van der Waals surface area contributed by atoms with E-state index >= 15 is 0 Å². The summed E-state index contributed by atoms with van der Waals surface area (Å²) >= 11 is 0. The van der Waals surface area contributed by atoms with E-state index < -0.39 is 0 Å². The summed E-state index contributed by atoms with van der Waals surface area (Å²) in [5, 5.41) is 14.8. The van der Waals surface area contributed by atoms with Crippen LogP contribution in [0, 0.1) is 13.8 Å². The van der Waals surface area contributed by atoms with Gasteiger partial charge >= 0.3 is 0 Å². The number of nitrogen functional groups attached to an aromatic ring is 1. The van der Waals surface area contributed by atoms with Crippen LogP contribution in [-0.2, 0) is 0 Å². The monoisotopic (exact) mass is 260 g/mol. The molecule has 0 aliphatic rings. The van der Waals surface area contributed by atoms with Gasteiger partial charge in [0, 0.05) is 6.54 Å². The van der Waals surface area contributed by atoms with Gasteiger partial charge in [-0.1, -0.05) is 0 Å². The lowest BCUT2D eigenvalue weighted by atomic mass is 10.3. The van der Waals surface area contributed by atoms with Crippen molar-refractivity contribution in [1.29, 1.82) is 0 Å². The SMILES string of the molecule is CCNC(=O)c1ccc(-n2nc(C)c(N)c2C)nn1. The maximum absolute atomic E-state index is 11.6. The molecule has 0 aliphatic heterocycles. The fourth-order valence-electron chi connectivity index (χ4n) is 1.69. The molecule has 100 valence electrons. The number of nitrogens with one attached hydrogen (secondary N) is 1. The quantitative estimate of drug-likeness (QED) is 0.842. The summed E-state index contributed by atoms with van der Waals surface area (Å²) in [7, 11) is 0. The summed E-state index contributed by atoms with van der Waals surface area (Å²) < 4.78 is 1.61. The summed E-state index contributed by atoms with van der Waals surface area (Å²) in [6, 6.07) is 3.30. The van der Waals surface area contributed by atoms with Crippen molar-refractivity contribution in [3.05, 3.63) is 29.2 Å². The Morgan fingerprint density at radius 3 is 2.58 bits per heavy atom. The number of amides is 1. The minimum Gasteiger partial charge on any atom is -0.396 e. The van der Waals surface area contributed by atoms with E-state index in [4.69, 9.17) is 5.73 Å². The molecule has 0 aromatic carbocycles. The maximum Gasteiger partial charge on any atom is 0.271 e. The molecule has 2 rings (SSSR count). The second-order valence-corrected chi connectivity index (χ2v) is 4.13. The Hall–Kier alpha value is -2.44. The molecule has 0 saturated heterocycles. The number of aryl methyl sites for hydroxylation is 1. The Labute approximate surface area is 110 Å². The molecule has 2 aromatic heterocycles. The molecule has 0 radical (unpaired) electrons. The second kappa shape index (κ2) is 5.05. The lowest BCUT2D eigenvalue weighted by Gasteiger charge is -2.04. The van der Waals surface area contributed by atoms with Gasteiger partial charge in [-0.2, -0.15) is 5.10 Å². The lowest BCUT2D eigenvalue weighted by molar-refractivity contribution is 0.0950. The Bertz CT molecular complexity index is 601. The molecule has 7 nitrogen and oxygen atoms in total. The van der Waals surface area contributed by atoms with Gasteiger partial charge in [0.15, 0.2) is 11.5 Å². The van der Waals surface area contributed by atoms with E-state index in [-0.39, 0.29) is 11.6 Å². The third kappa shape index (κ3) is 2.40. The van der Waals surface area contributed by atoms with Crippen LogP contribution in [-0.4, -0.2) is 32.4 Å². The number of carbonyl (C=O) groups is 1. The van der Waals surface area contributed by atoms with Crippen LogP contribution in [0.2, 0.25) is 0 Å². The molecule has 7 heteroatoms. The first kappa shape index (κ1) is 13.0. The van der Waals surface area contributed by atoms with Crippen LogP contribution in [0.3, 0.4) is 0 Å². The number of hydrogen-bond donors (Lipinski definition) is 2. The van der Waals surface area contributed by atoms with Crippen LogP contribution in [0.1, 0.15) is 28.8 Å². The molecule has 19 heavy (non-hydrogen) atoms. The Kier molecular flexibility index (Phi) is 3.46. The summed E-state index contributed by atoms with van der Waals surface area (Å²) in [5.74, 6) is 0.291. The zero-order valence-corrected chi connectivity index (χ0v) is 11.1. The standard InChI is InChI=1S/C12H16N6O/c1-4-14-12(19)9-5-6-10(16-15-9)18-8(3)11(13)7(2)17-18/h5-6H,4,13H2,1-3H3,(H,14,19). The molecule has 0 saturated carbocycles. The predicted octanol–water partition coefficient (Wildman–Crippen LogP) is 0.611. The molecular weight excluding hydrogens is 244 g/mol. The van der Waals surface area contributed by atoms with Crippen LogP contribution in [0.4, 0.5) is 5.69 Å². The highest BCUT2D eigenvalue weighted by atomic mass is 16.1. The van der Waals surface area contributed by atoms with Gasteiger partial charge in [-0.05, 0) is 32.9 Å². The van der Waals surface area contributed by atoms with Crippen LogP contribution in [0.25, 0.3) is 5.82 Å². The fourth-order valence-corrected chi connectivity index (χ4v) is 1.69. The zero-order valence-electron chi connectivity index (χ0n) is 11.1. The average Bonchev–Trinajstić information content (AvgIpc) is 2.67. The molecule has 0 spiro atoms. The van der Waals surface area contributed by atoms with E-state index in [0.29, 0.717) is 18.1 Å². The molecule has 0 unspecified atom stereocenters. The number of aromatic nitrogens is 4. The predicted molar refractivity (Wildman–Crippen MR) is 71.0 cm³/mol. The number of anilines is 1. The average molecular weight is 260 g/mol. The first-order valence-corrected chi connectivity index (χ1v) is 5.98. The number of rotatable bonds is 3. The highest BCUT2D eigenvalue weighted by molar-refractivity contribution is 5.92. The Morgan fingerprint density at radius 2 is 2.11 bits per heavy atom. The molecule has 0 fully saturated rings. The van der Waals surface area contributed by atoms with E-state index in [1.807, 2.05) is 20.8 Å².